The van der Waals surface area contributed by atoms with Gasteiger partial charge >= 0.3 is 0 Å². The summed E-state index contributed by atoms with van der Waals surface area (Å²) in [4.78, 5) is 25.2. The number of amides is 2. The molecule has 3 N–H and O–H groups in total. The molecule has 0 spiro atoms. The molecule has 3 aromatic carbocycles. The minimum atomic E-state index is -0.232. The van der Waals surface area contributed by atoms with E-state index in [1.165, 1.54) is 0 Å². The summed E-state index contributed by atoms with van der Waals surface area (Å²) in [5.41, 5.74) is 4.24. The van der Waals surface area contributed by atoms with Crippen molar-refractivity contribution in [3.05, 3.63) is 100 Å². The zero-order valence-electron chi connectivity index (χ0n) is 19.6. The van der Waals surface area contributed by atoms with Gasteiger partial charge in [-0.3, -0.25) is 19.3 Å². The van der Waals surface area contributed by atoms with Crippen LogP contribution >= 0.6 is 12.2 Å². The molecule has 1 unspecified atom stereocenters. The number of nitrogens with one attached hydrogen (secondary N) is 3. The van der Waals surface area contributed by atoms with E-state index in [0.717, 1.165) is 16.7 Å². The SMILES string of the molecule is Cc1ccc(-c2n[nH]c(=S)n2CCC(=O)NC(C)c2cccc(NC(=O)c3ccccc3)c2)cc1. The molecule has 0 saturated heterocycles. The maximum Gasteiger partial charge on any atom is 0.255 e. The maximum absolute atomic E-state index is 12.7. The fourth-order valence-electron chi connectivity index (χ4n) is 3.74. The lowest BCUT2D eigenvalue weighted by Crippen LogP contribution is -2.27. The van der Waals surface area contributed by atoms with E-state index in [1.54, 1.807) is 12.1 Å². The highest BCUT2D eigenvalue weighted by Crippen LogP contribution is 2.20. The summed E-state index contributed by atoms with van der Waals surface area (Å²) in [6.07, 6.45) is 0.251. The Morgan fingerprint density at radius 3 is 2.51 bits per heavy atom. The second-order valence-electron chi connectivity index (χ2n) is 8.35. The lowest BCUT2D eigenvalue weighted by atomic mass is 10.1. The number of nitrogens with zero attached hydrogens (tertiary/aromatic N) is 2. The Labute approximate surface area is 209 Å². The molecule has 0 aliphatic carbocycles. The molecule has 0 aliphatic heterocycles. The smallest absolute Gasteiger partial charge is 0.255 e. The van der Waals surface area contributed by atoms with Crippen molar-refractivity contribution in [1.29, 1.82) is 0 Å². The zero-order valence-corrected chi connectivity index (χ0v) is 20.4. The summed E-state index contributed by atoms with van der Waals surface area (Å²) in [6, 6.07) is 24.3. The van der Waals surface area contributed by atoms with Crippen LogP contribution in [0.25, 0.3) is 11.4 Å². The number of carbonyl (C=O) groups excluding carboxylic acids is 2. The van der Waals surface area contributed by atoms with E-state index in [-0.39, 0.29) is 24.3 Å². The third-order valence-corrected chi connectivity index (χ3v) is 6.00. The Morgan fingerprint density at radius 1 is 1.03 bits per heavy atom. The number of rotatable bonds is 8. The number of aromatic nitrogens is 3. The van der Waals surface area contributed by atoms with E-state index < -0.39 is 0 Å². The molecular formula is C27H27N5O2S. The van der Waals surface area contributed by atoms with Gasteiger partial charge in [0.15, 0.2) is 10.6 Å². The fourth-order valence-corrected chi connectivity index (χ4v) is 3.96. The minimum absolute atomic E-state index is 0.103. The third-order valence-electron chi connectivity index (χ3n) is 5.69. The van der Waals surface area contributed by atoms with Gasteiger partial charge in [0.2, 0.25) is 5.91 Å². The molecular weight excluding hydrogens is 458 g/mol. The van der Waals surface area contributed by atoms with Gasteiger partial charge in [-0.2, -0.15) is 5.10 Å². The van der Waals surface area contributed by atoms with Crippen molar-refractivity contribution >= 4 is 29.7 Å². The summed E-state index contributed by atoms with van der Waals surface area (Å²) >= 11 is 5.38. The molecule has 1 heterocycles. The first-order chi connectivity index (χ1) is 16.9. The van der Waals surface area contributed by atoms with E-state index in [9.17, 15) is 9.59 Å². The topological polar surface area (TPSA) is 91.8 Å². The second kappa shape index (κ2) is 10.9. The maximum atomic E-state index is 12.7. The largest absolute Gasteiger partial charge is 0.350 e. The van der Waals surface area contributed by atoms with E-state index in [1.807, 2.05) is 85.1 Å². The molecule has 0 aliphatic rings. The Kier molecular flexibility index (Phi) is 7.52. The number of H-pyrrole nitrogens is 1. The molecule has 0 bridgehead atoms. The van der Waals surface area contributed by atoms with Gasteiger partial charge < -0.3 is 10.6 Å². The van der Waals surface area contributed by atoms with Gasteiger partial charge in [-0.1, -0.05) is 60.2 Å². The van der Waals surface area contributed by atoms with Crippen LogP contribution in [0.5, 0.6) is 0 Å². The van der Waals surface area contributed by atoms with Gasteiger partial charge in [-0.05, 0) is 55.9 Å². The predicted molar refractivity (Wildman–Crippen MR) is 140 cm³/mol. The summed E-state index contributed by atoms with van der Waals surface area (Å²) in [5.74, 6) is 0.424. The molecule has 4 aromatic rings. The number of carbonyl (C=O) groups is 2. The average molecular weight is 486 g/mol. The first-order valence-corrected chi connectivity index (χ1v) is 11.8. The fraction of sp³-hybridized carbons (Fsp3) is 0.185. The standard InChI is InChI=1S/C27H27N5O2S/c1-18-11-13-20(14-12-18)25-30-31-27(35)32(25)16-15-24(33)28-19(2)22-9-6-10-23(17-22)29-26(34)21-7-4-3-5-8-21/h3-14,17,19H,15-16H2,1-2H3,(H,28,33)(H,29,34)(H,31,35). The Bertz CT molecular complexity index is 1380. The van der Waals surface area contributed by atoms with Gasteiger partial charge in [0.05, 0.1) is 6.04 Å². The molecule has 178 valence electrons. The van der Waals surface area contributed by atoms with Crippen molar-refractivity contribution in [1.82, 2.24) is 20.1 Å². The first-order valence-electron chi connectivity index (χ1n) is 11.4. The van der Waals surface area contributed by atoms with E-state index in [0.29, 0.717) is 28.4 Å². The van der Waals surface area contributed by atoms with Crippen LogP contribution in [0.2, 0.25) is 0 Å². The Balaban J connectivity index is 1.37. The normalized spacial score (nSPS) is 11.6. The molecule has 1 atom stereocenters. The molecule has 2 amide bonds. The summed E-state index contributed by atoms with van der Waals surface area (Å²) in [7, 11) is 0. The first kappa shape index (κ1) is 24.1. The molecule has 8 heteroatoms. The summed E-state index contributed by atoms with van der Waals surface area (Å²) < 4.78 is 2.31. The Morgan fingerprint density at radius 2 is 1.77 bits per heavy atom. The number of hydrogen-bond acceptors (Lipinski definition) is 4. The average Bonchev–Trinajstić information content (AvgIpc) is 3.24. The molecule has 4 rings (SSSR count). The number of anilines is 1. The summed E-state index contributed by atoms with van der Waals surface area (Å²) in [6.45, 7) is 4.35. The van der Waals surface area contributed by atoms with Crippen molar-refractivity contribution in [2.24, 2.45) is 0 Å². The van der Waals surface area contributed by atoms with Crippen molar-refractivity contribution in [3.8, 4) is 11.4 Å². The number of aryl methyl sites for hydroxylation is 1. The van der Waals surface area contributed by atoms with Gasteiger partial charge in [-0.15, -0.1) is 0 Å². The lowest BCUT2D eigenvalue weighted by molar-refractivity contribution is -0.121. The highest BCUT2D eigenvalue weighted by Gasteiger charge is 2.14. The van der Waals surface area contributed by atoms with Crippen LogP contribution in [0.4, 0.5) is 5.69 Å². The van der Waals surface area contributed by atoms with Crippen molar-refractivity contribution in [3.63, 3.8) is 0 Å². The van der Waals surface area contributed by atoms with Crippen LogP contribution in [0.15, 0.2) is 78.9 Å². The minimum Gasteiger partial charge on any atom is -0.350 e. The highest BCUT2D eigenvalue weighted by molar-refractivity contribution is 7.71. The number of benzene rings is 3. The van der Waals surface area contributed by atoms with Crippen LogP contribution in [-0.2, 0) is 11.3 Å². The van der Waals surface area contributed by atoms with Gasteiger partial charge in [-0.25, -0.2) is 0 Å². The quantitative estimate of drug-likeness (QED) is 0.290. The number of aromatic amines is 1. The molecule has 7 nitrogen and oxygen atoms in total. The third kappa shape index (κ3) is 6.10. The lowest BCUT2D eigenvalue weighted by Gasteiger charge is -2.16. The zero-order chi connectivity index (χ0) is 24.8. The van der Waals surface area contributed by atoms with Crippen LogP contribution in [-0.4, -0.2) is 26.6 Å². The number of hydrogen-bond donors (Lipinski definition) is 3. The molecule has 1 aromatic heterocycles. The van der Waals surface area contributed by atoms with Crippen molar-refractivity contribution in [2.75, 3.05) is 5.32 Å². The molecule has 35 heavy (non-hydrogen) atoms. The Hall–Kier alpha value is -4.04. The summed E-state index contributed by atoms with van der Waals surface area (Å²) in [5, 5.41) is 13.1. The van der Waals surface area contributed by atoms with E-state index >= 15 is 0 Å². The molecule has 0 radical (unpaired) electrons. The monoisotopic (exact) mass is 485 g/mol. The van der Waals surface area contributed by atoms with Crippen LogP contribution in [0, 0.1) is 11.7 Å². The van der Waals surface area contributed by atoms with Crippen LogP contribution in [0.1, 0.15) is 40.9 Å². The highest BCUT2D eigenvalue weighted by atomic mass is 32.1. The van der Waals surface area contributed by atoms with Crippen LogP contribution in [0.3, 0.4) is 0 Å². The predicted octanol–water partition coefficient (Wildman–Crippen LogP) is 5.44. The second-order valence-corrected chi connectivity index (χ2v) is 8.74. The van der Waals surface area contributed by atoms with E-state index in [2.05, 4.69) is 20.8 Å². The van der Waals surface area contributed by atoms with Crippen molar-refractivity contribution < 1.29 is 9.59 Å². The van der Waals surface area contributed by atoms with Gasteiger partial charge in [0, 0.05) is 29.8 Å². The van der Waals surface area contributed by atoms with Crippen molar-refractivity contribution in [2.45, 2.75) is 32.9 Å². The molecule has 0 fully saturated rings. The molecule has 0 saturated carbocycles. The van der Waals surface area contributed by atoms with E-state index in [4.69, 9.17) is 12.2 Å². The van der Waals surface area contributed by atoms with Gasteiger partial charge in [0.1, 0.15) is 0 Å². The van der Waals surface area contributed by atoms with Gasteiger partial charge in [0.25, 0.3) is 5.91 Å². The van der Waals surface area contributed by atoms with Crippen LogP contribution < -0.4 is 10.6 Å².